The van der Waals surface area contributed by atoms with E-state index < -0.39 is 6.04 Å². The Morgan fingerprint density at radius 3 is 2.81 bits per heavy atom. The Labute approximate surface area is 181 Å². The van der Waals surface area contributed by atoms with E-state index >= 15 is 0 Å². The van der Waals surface area contributed by atoms with Crippen molar-refractivity contribution in [3.8, 4) is 6.19 Å². The molecule has 0 radical (unpaired) electrons. The van der Waals surface area contributed by atoms with E-state index in [0.29, 0.717) is 13.0 Å². The third-order valence-electron chi connectivity index (χ3n) is 5.81. The van der Waals surface area contributed by atoms with Crippen LogP contribution in [-0.4, -0.2) is 64.8 Å². The highest BCUT2D eigenvalue weighted by Crippen LogP contribution is 2.19. The van der Waals surface area contributed by atoms with Gasteiger partial charge in [-0.3, -0.25) is 14.9 Å². The van der Waals surface area contributed by atoms with Crippen molar-refractivity contribution in [1.29, 1.82) is 5.26 Å². The van der Waals surface area contributed by atoms with E-state index in [0.717, 1.165) is 55.4 Å². The van der Waals surface area contributed by atoms with Crippen LogP contribution in [0.25, 0.3) is 10.9 Å². The highest BCUT2D eigenvalue weighted by Gasteiger charge is 2.30. The van der Waals surface area contributed by atoms with Gasteiger partial charge >= 0.3 is 0 Å². The van der Waals surface area contributed by atoms with Gasteiger partial charge in [0.2, 0.25) is 17.8 Å². The van der Waals surface area contributed by atoms with Crippen LogP contribution >= 0.6 is 0 Å². The maximum absolute atomic E-state index is 13.1. The molecular weight excluding hydrogens is 394 g/mol. The number of aromatic nitrogens is 1. The van der Waals surface area contributed by atoms with Crippen LogP contribution in [0.3, 0.4) is 0 Å². The Morgan fingerprint density at radius 2 is 2.00 bits per heavy atom. The number of anilines is 1. The first-order valence-electron chi connectivity index (χ1n) is 10.8. The number of benzene rings is 1. The molecule has 0 saturated carbocycles. The minimum atomic E-state index is -0.633. The number of aliphatic imine (C=N–C) groups is 1. The van der Waals surface area contributed by atoms with Gasteiger partial charge in [0, 0.05) is 37.0 Å². The number of amides is 2. The van der Waals surface area contributed by atoms with Gasteiger partial charge in [-0.25, -0.2) is 4.99 Å². The van der Waals surface area contributed by atoms with Crippen LogP contribution in [0.2, 0.25) is 0 Å². The van der Waals surface area contributed by atoms with Gasteiger partial charge in [-0.05, 0) is 55.7 Å². The predicted molar refractivity (Wildman–Crippen MR) is 118 cm³/mol. The van der Waals surface area contributed by atoms with Crippen molar-refractivity contribution < 1.29 is 9.59 Å². The largest absolute Gasteiger partial charge is 0.361 e. The average Bonchev–Trinajstić information content (AvgIpc) is 3.43. The molecule has 2 saturated heterocycles. The number of likely N-dealkylation sites (tertiary alicyclic amines) is 2. The maximum Gasteiger partial charge on any atom is 0.247 e. The average molecular weight is 422 g/mol. The number of nitrogens with one attached hydrogen (secondary N) is 3. The fraction of sp³-hybridized carbons (Fsp3) is 0.455. The first kappa shape index (κ1) is 20.7. The zero-order chi connectivity index (χ0) is 21.6. The van der Waals surface area contributed by atoms with Crippen molar-refractivity contribution in [3.63, 3.8) is 0 Å². The summed E-state index contributed by atoms with van der Waals surface area (Å²) in [6.07, 6.45) is 8.05. The van der Waals surface area contributed by atoms with E-state index in [1.54, 1.807) is 4.90 Å². The van der Waals surface area contributed by atoms with Gasteiger partial charge in [0.05, 0.1) is 6.54 Å². The van der Waals surface area contributed by atoms with Crippen molar-refractivity contribution in [2.45, 2.75) is 38.1 Å². The Bertz CT molecular complexity index is 1020. The molecule has 4 rings (SSSR count). The number of carbonyl (C=O) groups is 2. The lowest BCUT2D eigenvalue weighted by molar-refractivity contribution is -0.140. The number of rotatable bonds is 4. The van der Waals surface area contributed by atoms with Crippen LogP contribution in [0, 0.1) is 11.5 Å². The number of nitrogens with zero attached hydrogens (tertiary/aromatic N) is 4. The lowest BCUT2D eigenvalue weighted by Crippen LogP contribution is -2.45. The summed E-state index contributed by atoms with van der Waals surface area (Å²) in [5.74, 6) is 0.0617. The highest BCUT2D eigenvalue weighted by molar-refractivity contribution is 5.98. The number of guanidine groups is 1. The molecule has 0 aliphatic carbocycles. The molecule has 9 nitrogen and oxygen atoms in total. The SMILES string of the molecule is N#CNC(=NC1CCCCN(CC(=O)N2CCCC2)C1=O)Nc1ccc2cc[nH]c2c1. The zero-order valence-electron chi connectivity index (χ0n) is 17.4. The van der Waals surface area contributed by atoms with Gasteiger partial charge in [0.25, 0.3) is 0 Å². The number of hydrogen-bond donors (Lipinski definition) is 3. The molecule has 2 fully saturated rings. The normalized spacial score (nSPS) is 19.9. The van der Waals surface area contributed by atoms with Crippen molar-refractivity contribution >= 4 is 34.4 Å². The van der Waals surface area contributed by atoms with Crippen LogP contribution in [0.15, 0.2) is 35.5 Å². The van der Waals surface area contributed by atoms with Crippen molar-refractivity contribution in [2.24, 2.45) is 4.99 Å². The summed E-state index contributed by atoms with van der Waals surface area (Å²) >= 11 is 0. The van der Waals surface area contributed by atoms with Gasteiger partial charge in [-0.1, -0.05) is 6.07 Å². The quantitative estimate of drug-likeness (QED) is 0.302. The number of aromatic amines is 1. The highest BCUT2D eigenvalue weighted by atomic mass is 16.2. The third kappa shape index (κ3) is 4.97. The van der Waals surface area contributed by atoms with Crippen LogP contribution in [-0.2, 0) is 9.59 Å². The van der Waals surface area contributed by atoms with Crippen LogP contribution in [0.1, 0.15) is 32.1 Å². The second-order valence-corrected chi connectivity index (χ2v) is 7.98. The number of hydrogen-bond acceptors (Lipinski definition) is 4. The molecule has 1 aromatic heterocycles. The second kappa shape index (κ2) is 9.51. The summed E-state index contributed by atoms with van der Waals surface area (Å²) in [6, 6.07) is 7.11. The maximum atomic E-state index is 13.1. The molecule has 2 amide bonds. The second-order valence-electron chi connectivity index (χ2n) is 7.98. The number of nitriles is 1. The van der Waals surface area contributed by atoms with E-state index in [2.05, 4.69) is 20.6 Å². The lowest BCUT2D eigenvalue weighted by atomic mass is 10.1. The Hall–Kier alpha value is -3.54. The van der Waals surface area contributed by atoms with Gasteiger partial charge in [0.1, 0.15) is 6.04 Å². The van der Waals surface area contributed by atoms with Crippen LogP contribution in [0.5, 0.6) is 0 Å². The van der Waals surface area contributed by atoms with Gasteiger partial charge in [-0.2, -0.15) is 5.26 Å². The first-order chi connectivity index (χ1) is 15.1. The summed E-state index contributed by atoms with van der Waals surface area (Å²) < 4.78 is 0. The standard InChI is InChI=1S/C22H27N7O2/c23-15-25-22(26-17-7-6-16-8-9-24-19(16)13-17)27-18-5-1-2-12-29(21(18)31)14-20(30)28-10-3-4-11-28/h6-9,13,18,24H,1-5,10-12,14H2,(H2,25,26,27). The fourth-order valence-corrected chi connectivity index (χ4v) is 4.16. The van der Waals surface area contributed by atoms with E-state index in [-0.39, 0.29) is 24.3 Å². The Morgan fingerprint density at radius 1 is 1.19 bits per heavy atom. The van der Waals surface area contributed by atoms with Crippen LogP contribution in [0.4, 0.5) is 5.69 Å². The van der Waals surface area contributed by atoms with Gasteiger partial charge in [-0.15, -0.1) is 0 Å². The molecular formula is C22H27N7O2. The monoisotopic (exact) mass is 421 g/mol. The summed E-state index contributed by atoms with van der Waals surface area (Å²) in [7, 11) is 0. The fourth-order valence-electron chi connectivity index (χ4n) is 4.16. The topological polar surface area (TPSA) is 117 Å². The van der Waals surface area contributed by atoms with Crippen molar-refractivity contribution in [2.75, 3.05) is 31.5 Å². The van der Waals surface area contributed by atoms with Crippen LogP contribution < -0.4 is 10.6 Å². The molecule has 2 aliphatic heterocycles. The molecule has 3 N–H and O–H groups in total. The minimum absolute atomic E-state index is 0.00299. The van der Waals surface area contributed by atoms with E-state index in [9.17, 15) is 9.59 Å². The predicted octanol–water partition coefficient (Wildman–Crippen LogP) is 2.01. The Balaban J connectivity index is 1.48. The van der Waals surface area contributed by atoms with E-state index in [1.165, 1.54) is 0 Å². The Kier molecular flexibility index (Phi) is 6.36. The minimum Gasteiger partial charge on any atom is -0.361 e. The van der Waals surface area contributed by atoms with Gasteiger partial charge < -0.3 is 20.1 Å². The molecule has 0 bridgehead atoms. The van der Waals surface area contributed by atoms with Gasteiger partial charge in [0.15, 0.2) is 6.19 Å². The molecule has 1 unspecified atom stereocenters. The van der Waals surface area contributed by atoms with Crippen molar-refractivity contribution in [3.05, 3.63) is 30.5 Å². The number of carbonyl (C=O) groups excluding carboxylic acids is 2. The number of fused-ring (bicyclic) bond motifs is 1. The molecule has 2 aromatic rings. The number of H-pyrrole nitrogens is 1. The molecule has 1 aromatic carbocycles. The lowest BCUT2D eigenvalue weighted by Gasteiger charge is -2.25. The first-order valence-corrected chi connectivity index (χ1v) is 10.8. The smallest absolute Gasteiger partial charge is 0.247 e. The van der Waals surface area contributed by atoms with E-state index in [1.807, 2.05) is 41.6 Å². The molecule has 2 aliphatic rings. The summed E-state index contributed by atoms with van der Waals surface area (Å²) in [4.78, 5) is 36.8. The molecule has 9 heteroatoms. The molecule has 1 atom stereocenters. The molecule has 31 heavy (non-hydrogen) atoms. The summed E-state index contributed by atoms with van der Waals surface area (Å²) in [5.41, 5.74) is 1.71. The summed E-state index contributed by atoms with van der Waals surface area (Å²) in [5, 5.41) is 15.9. The van der Waals surface area contributed by atoms with E-state index in [4.69, 9.17) is 5.26 Å². The third-order valence-corrected chi connectivity index (χ3v) is 5.81. The summed E-state index contributed by atoms with van der Waals surface area (Å²) in [6.45, 7) is 2.20. The molecule has 0 spiro atoms. The molecule has 162 valence electrons. The molecule has 3 heterocycles. The van der Waals surface area contributed by atoms with Crippen molar-refractivity contribution in [1.82, 2.24) is 20.1 Å². The zero-order valence-corrected chi connectivity index (χ0v) is 17.4.